The lowest BCUT2D eigenvalue weighted by molar-refractivity contribution is 0.0520. The number of aryl methyl sites for hydroxylation is 1. The Morgan fingerprint density at radius 3 is 2.76 bits per heavy atom. The first-order valence-corrected chi connectivity index (χ1v) is 9.71. The molecule has 0 saturated heterocycles. The Balaban J connectivity index is 1.70. The zero-order valence-corrected chi connectivity index (χ0v) is 16.4. The van der Waals surface area contributed by atoms with Crippen LogP contribution in [-0.2, 0) is 4.74 Å². The third-order valence-electron chi connectivity index (χ3n) is 4.14. The molecule has 0 radical (unpaired) electrons. The van der Waals surface area contributed by atoms with Gasteiger partial charge in [-0.1, -0.05) is 35.5 Å². The van der Waals surface area contributed by atoms with Crippen molar-refractivity contribution in [1.82, 2.24) is 15.1 Å². The molecule has 0 fully saturated rings. The molecule has 29 heavy (non-hydrogen) atoms. The highest BCUT2D eigenvalue weighted by atomic mass is 32.1. The molecule has 0 aliphatic carbocycles. The third-order valence-corrected chi connectivity index (χ3v) is 4.90. The number of hydrogen-bond donors (Lipinski definition) is 1. The van der Waals surface area contributed by atoms with Crippen molar-refractivity contribution in [3.63, 3.8) is 0 Å². The van der Waals surface area contributed by atoms with Crippen molar-refractivity contribution in [3.05, 3.63) is 58.7 Å². The van der Waals surface area contributed by atoms with E-state index >= 15 is 0 Å². The monoisotopic (exact) mass is 408 g/mol. The number of thiazole rings is 1. The summed E-state index contributed by atoms with van der Waals surface area (Å²) in [5, 5.41) is 9.02. The predicted molar refractivity (Wildman–Crippen MR) is 108 cm³/mol. The standard InChI is InChI=1S/C20H16N4O4S/c1-3-27-19(26)15-10-29-20(22-15)23-17(25)13-9-14(12-7-5-4-6-8-12)21-18-16(13)11(2)24-28-18/h4-10H,3H2,1-2H3,(H,22,23,25). The predicted octanol–water partition coefficient (Wildman–Crippen LogP) is 4.08. The van der Waals surface area contributed by atoms with Gasteiger partial charge in [0.25, 0.3) is 11.6 Å². The average Bonchev–Trinajstić information content (AvgIpc) is 3.35. The first-order chi connectivity index (χ1) is 14.1. The van der Waals surface area contributed by atoms with Gasteiger partial charge in [-0.25, -0.2) is 14.8 Å². The summed E-state index contributed by atoms with van der Waals surface area (Å²) >= 11 is 1.14. The molecule has 0 aliphatic heterocycles. The highest BCUT2D eigenvalue weighted by molar-refractivity contribution is 7.14. The van der Waals surface area contributed by atoms with E-state index in [1.807, 2.05) is 30.3 Å². The summed E-state index contributed by atoms with van der Waals surface area (Å²) in [6.07, 6.45) is 0. The Labute approximate surface area is 169 Å². The average molecular weight is 408 g/mol. The molecule has 0 atom stereocenters. The Hall–Kier alpha value is -3.59. The largest absolute Gasteiger partial charge is 0.461 e. The fourth-order valence-corrected chi connectivity index (χ4v) is 3.50. The van der Waals surface area contributed by atoms with Crippen molar-refractivity contribution in [2.45, 2.75) is 13.8 Å². The van der Waals surface area contributed by atoms with Gasteiger partial charge >= 0.3 is 5.97 Å². The van der Waals surface area contributed by atoms with Gasteiger partial charge in [0.1, 0.15) is 0 Å². The van der Waals surface area contributed by atoms with E-state index < -0.39 is 11.9 Å². The number of nitrogens with one attached hydrogen (secondary N) is 1. The summed E-state index contributed by atoms with van der Waals surface area (Å²) in [4.78, 5) is 33.4. The van der Waals surface area contributed by atoms with E-state index in [-0.39, 0.29) is 18.0 Å². The summed E-state index contributed by atoms with van der Waals surface area (Å²) in [5.74, 6) is -0.928. The highest BCUT2D eigenvalue weighted by Gasteiger charge is 2.21. The van der Waals surface area contributed by atoms with Crippen LogP contribution in [0.25, 0.3) is 22.4 Å². The maximum absolute atomic E-state index is 13.0. The normalized spacial score (nSPS) is 10.8. The molecule has 1 N–H and O–H groups in total. The number of benzene rings is 1. The minimum absolute atomic E-state index is 0.151. The molecule has 8 nitrogen and oxygen atoms in total. The molecule has 1 aromatic carbocycles. The molecular formula is C20H16N4O4S. The minimum Gasteiger partial charge on any atom is -0.461 e. The lowest BCUT2D eigenvalue weighted by Crippen LogP contribution is -2.13. The number of ether oxygens (including phenoxy) is 1. The van der Waals surface area contributed by atoms with E-state index in [1.54, 1.807) is 19.9 Å². The van der Waals surface area contributed by atoms with Gasteiger partial charge < -0.3 is 9.26 Å². The van der Waals surface area contributed by atoms with Crippen LogP contribution in [0.5, 0.6) is 0 Å². The molecule has 0 spiro atoms. The highest BCUT2D eigenvalue weighted by Crippen LogP contribution is 2.28. The second-order valence-electron chi connectivity index (χ2n) is 6.08. The Kier molecular flexibility index (Phi) is 5.05. The fraction of sp³-hybridized carbons (Fsp3) is 0.150. The molecule has 3 aromatic heterocycles. The van der Waals surface area contributed by atoms with Gasteiger partial charge in [-0.2, -0.15) is 0 Å². The van der Waals surface area contributed by atoms with Crippen LogP contribution in [0.3, 0.4) is 0 Å². The molecular weight excluding hydrogens is 392 g/mol. The molecule has 4 rings (SSSR count). The zero-order chi connectivity index (χ0) is 20.4. The van der Waals surface area contributed by atoms with Crippen molar-refractivity contribution in [3.8, 4) is 11.3 Å². The first kappa shape index (κ1) is 18.8. The number of carbonyl (C=O) groups is 2. The summed E-state index contributed by atoms with van der Waals surface area (Å²) in [5.41, 5.74) is 2.78. The molecule has 0 saturated carbocycles. The minimum atomic E-state index is -0.531. The lowest BCUT2D eigenvalue weighted by atomic mass is 10.1. The number of pyridine rings is 1. The molecule has 9 heteroatoms. The Morgan fingerprint density at radius 1 is 1.21 bits per heavy atom. The second kappa shape index (κ2) is 7.80. The number of anilines is 1. The van der Waals surface area contributed by atoms with Gasteiger partial charge in [0.15, 0.2) is 10.8 Å². The number of esters is 1. The van der Waals surface area contributed by atoms with Gasteiger partial charge in [-0.15, -0.1) is 11.3 Å². The van der Waals surface area contributed by atoms with Gasteiger partial charge in [0.05, 0.1) is 28.9 Å². The van der Waals surface area contributed by atoms with Crippen molar-refractivity contribution in [2.24, 2.45) is 0 Å². The van der Waals surface area contributed by atoms with Crippen LogP contribution < -0.4 is 5.32 Å². The van der Waals surface area contributed by atoms with E-state index in [0.29, 0.717) is 27.5 Å². The summed E-state index contributed by atoms with van der Waals surface area (Å²) in [6.45, 7) is 3.71. The lowest BCUT2D eigenvalue weighted by Gasteiger charge is -2.06. The summed E-state index contributed by atoms with van der Waals surface area (Å²) in [6, 6.07) is 11.2. The number of aromatic nitrogens is 3. The molecule has 0 unspecified atom stereocenters. The zero-order valence-electron chi connectivity index (χ0n) is 15.6. The fourth-order valence-electron chi connectivity index (χ4n) is 2.82. The first-order valence-electron chi connectivity index (χ1n) is 8.83. The van der Waals surface area contributed by atoms with Crippen LogP contribution in [0, 0.1) is 6.92 Å². The quantitative estimate of drug-likeness (QED) is 0.496. The third kappa shape index (κ3) is 3.72. The van der Waals surface area contributed by atoms with Gasteiger partial charge in [-0.3, -0.25) is 10.1 Å². The number of nitrogens with zero attached hydrogens (tertiary/aromatic N) is 3. The Bertz CT molecular complexity index is 1200. The maximum Gasteiger partial charge on any atom is 0.357 e. The van der Waals surface area contributed by atoms with Crippen LogP contribution in [0.1, 0.15) is 33.5 Å². The molecule has 146 valence electrons. The van der Waals surface area contributed by atoms with Crippen molar-refractivity contribution in [2.75, 3.05) is 11.9 Å². The summed E-state index contributed by atoms with van der Waals surface area (Å²) < 4.78 is 10.2. The van der Waals surface area contributed by atoms with Gasteiger partial charge in [0.2, 0.25) is 0 Å². The number of fused-ring (bicyclic) bond motifs is 1. The SMILES string of the molecule is CCOC(=O)c1csc(NC(=O)c2cc(-c3ccccc3)nc3onc(C)c23)n1. The molecule has 4 aromatic rings. The smallest absolute Gasteiger partial charge is 0.357 e. The van der Waals surface area contributed by atoms with E-state index in [9.17, 15) is 9.59 Å². The van der Waals surface area contributed by atoms with Gasteiger partial charge in [0, 0.05) is 10.9 Å². The number of hydrogen-bond acceptors (Lipinski definition) is 8. The molecule has 1 amide bonds. The van der Waals surface area contributed by atoms with Crippen LogP contribution in [0.15, 0.2) is 46.3 Å². The van der Waals surface area contributed by atoms with E-state index in [1.165, 1.54) is 5.38 Å². The molecule has 0 bridgehead atoms. The van der Waals surface area contributed by atoms with Crippen molar-refractivity contribution < 1.29 is 18.8 Å². The van der Waals surface area contributed by atoms with Crippen LogP contribution in [-0.4, -0.2) is 33.6 Å². The van der Waals surface area contributed by atoms with Crippen molar-refractivity contribution >= 4 is 39.4 Å². The number of amides is 1. The molecule has 3 heterocycles. The van der Waals surface area contributed by atoms with E-state index in [2.05, 4.69) is 20.4 Å². The van der Waals surface area contributed by atoms with Crippen molar-refractivity contribution in [1.29, 1.82) is 0 Å². The molecule has 0 aliphatic rings. The summed E-state index contributed by atoms with van der Waals surface area (Å²) in [7, 11) is 0. The second-order valence-corrected chi connectivity index (χ2v) is 6.94. The Morgan fingerprint density at radius 2 is 2.00 bits per heavy atom. The number of carbonyl (C=O) groups excluding carboxylic acids is 2. The van der Waals surface area contributed by atoms with E-state index in [4.69, 9.17) is 9.26 Å². The maximum atomic E-state index is 13.0. The van der Waals surface area contributed by atoms with Crippen LogP contribution in [0.2, 0.25) is 0 Å². The topological polar surface area (TPSA) is 107 Å². The van der Waals surface area contributed by atoms with Crippen LogP contribution >= 0.6 is 11.3 Å². The number of rotatable bonds is 5. The van der Waals surface area contributed by atoms with Crippen LogP contribution in [0.4, 0.5) is 5.13 Å². The van der Waals surface area contributed by atoms with E-state index in [0.717, 1.165) is 16.9 Å². The van der Waals surface area contributed by atoms with Gasteiger partial charge in [-0.05, 0) is 19.9 Å².